The molecular formula is C66H66N3OPt-. The Morgan fingerprint density at radius 2 is 1.10 bits per heavy atom. The van der Waals surface area contributed by atoms with Crippen molar-refractivity contribution < 1.29 is 26.2 Å². The van der Waals surface area contributed by atoms with Crippen molar-refractivity contribution in [3.63, 3.8) is 0 Å². The molecule has 10 rings (SSSR count). The number of phenolic OH excluding ortho intramolecular Hbond substituents is 1. The molecule has 0 atom stereocenters. The quantitative estimate of drug-likeness (QED) is 0.154. The van der Waals surface area contributed by atoms with Crippen LogP contribution in [0.2, 0.25) is 0 Å². The fourth-order valence-electron chi connectivity index (χ4n) is 10.3. The number of benzene rings is 7. The van der Waals surface area contributed by atoms with Gasteiger partial charge < -0.3 is 5.11 Å². The number of rotatable bonds is 8. The molecule has 71 heavy (non-hydrogen) atoms. The number of para-hydroxylation sites is 1. The second-order valence-corrected chi connectivity index (χ2v) is 22.7. The van der Waals surface area contributed by atoms with Crippen LogP contribution in [0.1, 0.15) is 123 Å². The molecule has 2 aromatic heterocycles. The molecule has 1 aliphatic rings. The number of aromatic hydroxyl groups is 1. The Labute approximate surface area is 436 Å². The van der Waals surface area contributed by atoms with E-state index in [0.717, 1.165) is 72.5 Å². The van der Waals surface area contributed by atoms with Crippen LogP contribution >= 0.6 is 0 Å². The van der Waals surface area contributed by atoms with Crippen LogP contribution < -0.4 is 0 Å². The van der Waals surface area contributed by atoms with Crippen molar-refractivity contribution in [2.45, 2.75) is 117 Å². The van der Waals surface area contributed by atoms with Gasteiger partial charge in [-0.15, -0.1) is 29.3 Å². The van der Waals surface area contributed by atoms with Gasteiger partial charge in [-0.05, 0) is 110 Å². The normalized spacial score (nSPS) is 13.6. The summed E-state index contributed by atoms with van der Waals surface area (Å²) in [6.07, 6.45) is 8.53. The molecule has 2 heterocycles. The van der Waals surface area contributed by atoms with E-state index in [9.17, 15) is 5.11 Å². The number of aromatic nitrogens is 3. The Morgan fingerprint density at radius 1 is 0.507 bits per heavy atom. The van der Waals surface area contributed by atoms with Crippen LogP contribution in [-0.2, 0) is 37.3 Å². The van der Waals surface area contributed by atoms with E-state index in [2.05, 4.69) is 212 Å². The van der Waals surface area contributed by atoms with Crippen molar-refractivity contribution in [1.82, 2.24) is 14.5 Å². The molecule has 0 unspecified atom stereocenters. The van der Waals surface area contributed by atoms with Gasteiger partial charge in [0.15, 0.2) is 0 Å². The molecule has 0 spiro atoms. The third-order valence-corrected chi connectivity index (χ3v) is 14.6. The summed E-state index contributed by atoms with van der Waals surface area (Å²) >= 11 is 0. The molecule has 1 saturated carbocycles. The molecule has 1 aliphatic carbocycles. The van der Waals surface area contributed by atoms with Crippen LogP contribution in [0.3, 0.4) is 0 Å². The van der Waals surface area contributed by atoms with Crippen molar-refractivity contribution in [2.24, 2.45) is 0 Å². The molecular weight excluding hydrogens is 1050 g/mol. The summed E-state index contributed by atoms with van der Waals surface area (Å²) in [4.78, 5) is 10.7. The molecule has 1 fully saturated rings. The molecule has 362 valence electrons. The molecule has 0 saturated heterocycles. The van der Waals surface area contributed by atoms with Gasteiger partial charge in [0.2, 0.25) is 0 Å². The molecule has 0 radical (unpaired) electrons. The molecule has 0 bridgehead atoms. The number of imidazole rings is 1. The number of nitrogens with zero attached hydrogens (tertiary/aromatic N) is 3. The predicted octanol–water partition coefficient (Wildman–Crippen LogP) is 17.9. The second-order valence-electron chi connectivity index (χ2n) is 22.7. The number of pyridine rings is 1. The fourth-order valence-corrected chi connectivity index (χ4v) is 10.3. The number of fused-ring (bicyclic) bond motifs is 1. The average Bonchev–Trinajstić information content (AvgIpc) is 3.75. The van der Waals surface area contributed by atoms with E-state index < -0.39 is 0 Å². The van der Waals surface area contributed by atoms with Crippen LogP contribution in [0.5, 0.6) is 5.75 Å². The minimum atomic E-state index is -0.222. The van der Waals surface area contributed by atoms with E-state index in [0.29, 0.717) is 17.3 Å². The minimum absolute atomic E-state index is 0. The zero-order valence-electron chi connectivity index (χ0n) is 42.8. The topological polar surface area (TPSA) is 50.9 Å². The summed E-state index contributed by atoms with van der Waals surface area (Å²) < 4.78 is 2.28. The van der Waals surface area contributed by atoms with Crippen LogP contribution in [-0.4, -0.2) is 19.6 Å². The SMILES string of the molecule is CC(C)(C)c1cc(-c2cc(-c3ccc(C4CCCCC4)cc3)ccn2)[c-]c(-c2cccc3c2nc(-c2cc(C(C)(C)C)cc(-c4ccccc4)c2O)n3-c2ccc(C(C)(C)C)cc2-c2ccccc2)c1.[Pt]. The molecule has 5 heteroatoms. The van der Waals surface area contributed by atoms with Gasteiger partial charge in [0, 0.05) is 44.1 Å². The van der Waals surface area contributed by atoms with E-state index in [1.54, 1.807) is 0 Å². The van der Waals surface area contributed by atoms with Crippen LogP contribution in [0.25, 0.3) is 83.9 Å². The largest absolute Gasteiger partial charge is 0.507 e. The Balaban J connectivity index is 0.00000624. The van der Waals surface area contributed by atoms with Gasteiger partial charge in [0.25, 0.3) is 0 Å². The Bertz CT molecular complexity index is 3340. The number of hydrogen-bond donors (Lipinski definition) is 1. The number of hydrogen-bond acceptors (Lipinski definition) is 3. The first-order valence-corrected chi connectivity index (χ1v) is 25.3. The minimum Gasteiger partial charge on any atom is -0.507 e. The third kappa shape index (κ3) is 10.1. The molecule has 9 aromatic rings. The van der Waals surface area contributed by atoms with Gasteiger partial charge in [-0.1, -0.05) is 202 Å². The standard InChI is InChI=1S/C66H66N3O.Pt/c1-64(2,3)51-32-33-59(55(40-51)46-22-15-11-16-23-46)69-60-27-19-26-54(61(60)68-63(69)57-42-53(66(7,8)9)41-56(62(57)70)47-24-17-12-18-25-47)49-36-50(38-52(37-49)65(4,5)6)58-39-48(34-35-67-58)45-30-28-44(29-31-45)43-20-13-10-14-21-43;/h11-12,15-19,22-35,37-43,70H,10,13-14,20-21H2,1-9H3;/q-1;. The average molecular weight is 1110 g/mol. The van der Waals surface area contributed by atoms with Gasteiger partial charge in [-0.2, -0.15) is 0 Å². The summed E-state index contributed by atoms with van der Waals surface area (Å²) in [5, 5.41) is 12.7. The zero-order valence-corrected chi connectivity index (χ0v) is 45.1. The van der Waals surface area contributed by atoms with Gasteiger partial charge >= 0.3 is 0 Å². The van der Waals surface area contributed by atoms with Crippen LogP contribution in [0.15, 0.2) is 164 Å². The second kappa shape index (κ2) is 19.7. The summed E-state index contributed by atoms with van der Waals surface area (Å²) in [6, 6.07) is 60.5. The van der Waals surface area contributed by atoms with E-state index in [-0.39, 0.29) is 43.1 Å². The molecule has 4 nitrogen and oxygen atoms in total. The smallest absolute Gasteiger partial charge is 0.148 e. The summed E-state index contributed by atoms with van der Waals surface area (Å²) in [6.45, 7) is 20.3. The molecule has 1 N–H and O–H groups in total. The first kappa shape index (κ1) is 49.6. The van der Waals surface area contributed by atoms with E-state index in [4.69, 9.17) is 9.97 Å². The van der Waals surface area contributed by atoms with Crippen molar-refractivity contribution in [3.8, 4) is 78.6 Å². The maximum absolute atomic E-state index is 12.7. The predicted molar refractivity (Wildman–Crippen MR) is 294 cm³/mol. The van der Waals surface area contributed by atoms with Gasteiger partial charge in [-0.3, -0.25) is 9.55 Å². The maximum Gasteiger partial charge on any atom is 0.148 e. The monoisotopic (exact) mass is 1110 g/mol. The Morgan fingerprint density at radius 3 is 1.75 bits per heavy atom. The van der Waals surface area contributed by atoms with E-state index in [1.165, 1.54) is 54.4 Å². The van der Waals surface area contributed by atoms with Gasteiger partial charge in [-0.25, -0.2) is 4.98 Å². The fraction of sp³-hybridized carbons (Fsp3) is 0.273. The third-order valence-electron chi connectivity index (χ3n) is 14.6. The first-order chi connectivity index (χ1) is 33.5. The summed E-state index contributed by atoms with van der Waals surface area (Å²) in [5.74, 6) is 1.53. The van der Waals surface area contributed by atoms with Crippen molar-refractivity contribution in [1.29, 1.82) is 0 Å². The van der Waals surface area contributed by atoms with E-state index in [1.807, 2.05) is 24.4 Å². The van der Waals surface area contributed by atoms with Crippen molar-refractivity contribution >= 4 is 11.0 Å². The molecule has 7 aromatic carbocycles. The van der Waals surface area contributed by atoms with Crippen LogP contribution in [0.4, 0.5) is 0 Å². The Hall–Kier alpha value is -6.35. The molecule has 0 amide bonds. The molecule has 0 aliphatic heterocycles. The summed E-state index contributed by atoms with van der Waals surface area (Å²) in [7, 11) is 0. The van der Waals surface area contributed by atoms with Crippen molar-refractivity contribution in [3.05, 3.63) is 192 Å². The first-order valence-electron chi connectivity index (χ1n) is 25.3. The zero-order chi connectivity index (χ0) is 49.0. The maximum atomic E-state index is 12.7. The van der Waals surface area contributed by atoms with Crippen molar-refractivity contribution in [2.75, 3.05) is 0 Å². The van der Waals surface area contributed by atoms with Gasteiger partial charge in [0.1, 0.15) is 11.6 Å². The summed E-state index contributed by atoms with van der Waals surface area (Å²) in [5.41, 5.74) is 17.9. The van der Waals surface area contributed by atoms with Gasteiger partial charge in [0.05, 0.1) is 22.3 Å². The Kier molecular flexibility index (Phi) is 13.8. The van der Waals surface area contributed by atoms with E-state index >= 15 is 0 Å². The number of phenols is 1. The van der Waals surface area contributed by atoms with Crippen LogP contribution in [0, 0.1) is 6.07 Å².